The molecule has 0 radical (unpaired) electrons. The van der Waals surface area contributed by atoms with Crippen molar-refractivity contribution in [2.75, 3.05) is 19.1 Å². The van der Waals surface area contributed by atoms with Gasteiger partial charge in [0.25, 0.3) is 0 Å². The summed E-state index contributed by atoms with van der Waals surface area (Å²) in [6.07, 6.45) is 2.55. The first kappa shape index (κ1) is 19.6. The fourth-order valence-corrected chi connectivity index (χ4v) is 2.54. The third-order valence-electron chi connectivity index (χ3n) is 3.85. The molecule has 0 saturated heterocycles. The normalized spacial score (nSPS) is 10.9. The summed E-state index contributed by atoms with van der Waals surface area (Å²) in [5, 5.41) is 4.46. The number of anilines is 1. The SMILES string of the molecule is COc1ccc(CN(C)c2nc(ON=Cc3ccc(Cl)cc3)ncc2F)cc1. The molecule has 0 atom stereocenters. The summed E-state index contributed by atoms with van der Waals surface area (Å²) in [6.45, 7) is 0.450. The van der Waals surface area contributed by atoms with Gasteiger partial charge < -0.3 is 14.5 Å². The summed E-state index contributed by atoms with van der Waals surface area (Å²) >= 11 is 5.83. The van der Waals surface area contributed by atoms with Crippen molar-refractivity contribution in [2.45, 2.75) is 6.54 Å². The van der Waals surface area contributed by atoms with Gasteiger partial charge in [-0.25, -0.2) is 4.39 Å². The van der Waals surface area contributed by atoms with E-state index in [1.807, 2.05) is 24.3 Å². The molecule has 0 aliphatic rings. The van der Waals surface area contributed by atoms with Crippen molar-refractivity contribution in [2.24, 2.45) is 5.16 Å². The second-order valence-electron chi connectivity index (χ2n) is 5.91. The predicted octanol–water partition coefficient (Wildman–Crippen LogP) is 4.33. The molecular formula is C20H18ClFN4O2. The molecule has 3 rings (SSSR count). The van der Waals surface area contributed by atoms with E-state index in [2.05, 4.69) is 15.1 Å². The number of nitrogens with zero attached hydrogens (tertiary/aromatic N) is 4. The van der Waals surface area contributed by atoms with Crippen LogP contribution in [0.3, 0.4) is 0 Å². The standard InChI is InChI=1S/C20H18ClFN4O2/c1-26(13-15-5-9-17(27-2)10-6-15)19-18(22)12-23-20(25-19)28-24-11-14-3-7-16(21)8-4-14/h3-12H,13H2,1-2H3. The maximum atomic E-state index is 14.2. The molecule has 0 amide bonds. The molecule has 0 spiro atoms. The zero-order valence-electron chi connectivity index (χ0n) is 15.3. The Balaban J connectivity index is 1.68. The molecule has 1 aromatic heterocycles. The Morgan fingerprint density at radius 3 is 2.54 bits per heavy atom. The third kappa shape index (κ3) is 5.17. The molecule has 144 valence electrons. The average molecular weight is 401 g/mol. The molecule has 8 heteroatoms. The van der Waals surface area contributed by atoms with Crippen LogP contribution < -0.4 is 14.5 Å². The van der Waals surface area contributed by atoms with Crippen LogP contribution >= 0.6 is 11.6 Å². The maximum Gasteiger partial charge on any atom is 0.347 e. The topological polar surface area (TPSA) is 59.8 Å². The van der Waals surface area contributed by atoms with Crippen LogP contribution in [-0.4, -0.2) is 30.3 Å². The first-order valence-corrected chi connectivity index (χ1v) is 8.75. The molecule has 0 aliphatic carbocycles. The van der Waals surface area contributed by atoms with Gasteiger partial charge in [0.1, 0.15) is 5.75 Å². The first-order chi connectivity index (χ1) is 13.5. The van der Waals surface area contributed by atoms with Crippen LogP contribution in [0.5, 0.6) is 11.8 Å². The summed E-state index contributed by atoms with van der Waals surface area (Å²) in [5.41, 5.74) is 1.77. The van der Waals surface area contributed by atoms with E-state index in [1.54, 1.807) is 43.3 Å². The number of ether oxygens (including phenoxy) is 1. The lowest BCUT2D eigenvalue weighted by Gasteiger charge is -2.18. The van der Waals surface area contributed by atoms with Crippen LogP contribution in [0.25, 0.3) is 0 Å². The molecule has 0 unspecified atom stereocenters. The molecule has 2 aromatic carbocycles. The van der Waals surface area contributed by atoms with Crippen molar-refractivity contribution in [1.29, 1.82) is 0 Å². The number of hydrogen-bond donors (Lipinski definition) is 0. The Kier molecular flexibility index (Phi) is 6.39. The average Bonchev–Trinajstić information content (AvgIpc) is 2.71. The van der Waals surface area contributed by atoms with E-state index in [9.17, 15) is 4.39 Å². The van der Waals surface area contributed by atoms with Gasteiger partial charge >= 0.3 is 6.01 Å². The summed E-state index contributed by atoms with van der Waals surface area (Å²) in [5.74, 6) is 0.321. The number of oxime groups is 1. The first-order valence-electron chi connectivity index (χ1n) is 8.37. The molecule has 0 N–H and O–H groups in total. The molecule has 6 nitrogen and oxygen atoms in total. The monoisotopic (exact) mass is 400 g/mol. The largest absolute Gasteiger partial charge is 0.497 e. The lowest BCUT2D eigenvalue weighted by Crippen LogP contribution is -2.19. The van der Waals surface area contributed by atoms with Gasteiger partial charge in [-0.2, -0.15) is 9.97 Å². The highest BCUT2D eigenvalue weighted by molar-refractivity contribution is 6.30. The van der Waals surface area contributed by atoms with Crippen molar-refractivity contribution >= 4 is 23.6 Å². The van der Waals surface area contributed by atoms with Crippen LogP contribution in [0.4, 0.5) is 10.2 Å². The van der Waals surface area contributed by atoms with Crippen molar-refractivity contribution in [3.8, 4) is 11.8 Å². The third-order valence-corrected chi connectivity index (χ3v) is 4.10. The Hall–Kier alpha value is -3.19. The van der Waals surface area contributed by atoms with Gasteiger partial charge in [-0.1, -0.05) is 41.0 Å². The number of hydrogen-bond acceptors (Lipinski definition) is 6. The Bertz CT molecular complexity index is 949. The predicted molar refractivity (Wildman–Crippen MR) is 107 cm³/mol. The Labute approximate surface area is 167 Å². The van der Waals surface area contributed by atoms with Gasteiger partial charge in [0, 0.05) is 18.6 Å². The van der Waals surface area contributed by atoms with E-state index < -0.39 is 5.82 Å². The molecule has 3 aromatic rings. The van der Waals surface area contributed by atoms with E-state index in [4.69, 9.17) is 21.2 Å². The minimum Gasteiger partial charge on any atom is -0.497 e. The van der Waals surface area contributed by atoms with Crippen molar-refractivity contribution in [1.82, 2.24) is 9.97 Å². The second-order valence-corrected chi connectivity index (χ2v) is 6.34. The lowest BCUT2D eigenvalue weighted by atomic mass is 10.2. The summed E-state index contributed by atoms with van der Waals surface area (Å²) < 4.78 is 19.3. The zero-order valence-corrected chi connectivity index (χ0v) is 16.1. The highest BCUT2D eigenvalue weighted by Gasteiger charge is 2.13. The summed E-state index contributed by atoms with van der Waals surface area (Å²) in [6, 6.07) is 14.5. The van der Waals surface area contributed by atoms with E-state index in [1.165, 1.54) is 6.21 Å². The highest BCUT2D eigenvalue weighted by Crippen LogP contribution is 2.20. The summed E-state index contributed by atoms with van der Waals surface area (Å²) in [7, 11) is 3.34. The van der Waals surface area contributed by atoms with Crippen molar-refractivity contribution < 1.29 is 14.0 Å². The molecule has 0 bridgehead atoms. The van der Waals surface area contributed by atoms with Gasteiger partial charge in [0.05, 0.1) is 19.5 Å². The highest BCUT2D eigenvalue weighted by atomic mass is 35.5. The van der Waals surface area contributed by atoms with Gasteiger partial charge in [-0.15, -0.1) is 0 Å². The fraction of sp³-hybridized carbons (Fsp3) is 0.150. The van der Waals surface area contributed by atoms with E-state index in [-0.39, 0.29) is 11.8 Å². The minimum atomic E-state index is -0.551. The second kappa shape index (κ2) is 9.14. The van der Waals surface area contributed by atoms with Crippen molar-refractivity contribution in [3.05, 3.63) is 76.7 Å². The number of halogens is 2. The molecule has 0 fully saturated rings. The minimum absolute atomic E-state index is 0.0526. The number of methoxy groups -OCH3 is 1. The fourth-order valence-electron chi connectivity index (χ4n) is 2.42. The van der Waals surface area contributed by atoms with Crippen molar-refractivity contribution in [3.63, 3.8) is 0 Å². The molecule has 1 heterocycles. The van der Waals surface area contributed by atoms with Crippen LogP contribution in [0.1, 0.15) is 11.1 Å². The maximum absolute atomic E-state index is 14.2. The summed E-state index contributed by atoms with van der Waals surface area (Å²) in [4.78, 5) is 14.7. The lowest BCUT2D eigenvalue weighted by molar-refractivity contribution is 0.313. The van der Waals surface area contributed by atoms with Crippen LogP contribution in [0.15, 0.2) is 59.9 Å². The molecule has 28 heavy (non-hydrogen) atoms. The smallest absolute Gasteiger partial charge is 0.347 e. The molecule has 0 aliphatic heterocycles. The quantitative estimate of drug-likeness (QED) is 0.436. The number of benzene rings is 2. The Morgan fingerprint density at radius 2 is 1.86 bits per heavy atom. The van der Waals surface area contributed by atoms with E-state index >= 15 is 0 Å². The van der Waals surface area contributed by atoms with Gasteiger partial charge in [-0.3, -0.25) is 0 Å². The van der Waals surface area contributed by atoms with Crippen LogP contribution in [0.2, 0.25) is 5.02 Å². The zero-order chi connectivity index (χ0) is 19.9. The van der Waals surface area contributed by atoms with E-state index in [0.717, 1.165) is 23.1 Å². The number of aromatic nitrogens is 2. The van der Waals surface area contributed by atoms with Crippen LogP contribution in [0, 0.1) is 5.82 Å². The van der Waals surface area contributed by atoms with Gasteiger partial charge in [0.15, 0.2) is 11.6 Å². The van der Waals surface area contributed by atoms with Gasteiger partial charge in [-0.05, 0) is 35.4 Å². The van der Waals surface area contributed by atoms with Gasteiger partial charge in [0.2, 0.25) is 0 Å². The molecular weight excluding hydrogens is 383 g/mol. The Morgan fingerprint density at radius 1 is 1.14 bits per heavy atom. The molecule has 0 saturated carbocycles. The van der Waals surface area contributed by atoms with Crippen LogP contribution in [-0.2, 0) is 6.54 Å². The van der Waals surface area contributed by atoms with E-state index in [0.29, 0.717) is 11.6 Å². The number of rotatable bonds is 7.